The van der Waals surface area contributed by atoms with Crippen molar-refractivity contribution >= 4 is 17.6 Å². The predicted octanol–water partition coefficient (Wildman–Crippen LogP) is 3.14. The topological polar surface area (TPSA) is 61.4 Å². The van der Waals surface area contributed by atoms with E-state index in [1.165, 1.54) is 30.3 Å². The van der Waals surface area contributed by atoms with Crippen LogP contribution in [0.4, 0.5) is 19.3 Å². The Hall–Kier alpha value is -2.96. The van der Waals surface area contributed by atoms with Crippen molar-refractivity contribution in [2.24, 2.45) is 5.92 Å². The number of rotatable bonds is 5. The van der Waals surface area contributed by atoms with E-state index in [1.807, 2.05) is 0 Å². The van der Waals surface area contributed by atoms with Crippen LogP contribution in [0.15, 0.2) is 48.5 Å². The molecule has 0 unspecified atom stereocenters. The number of carbonyl (C=O) groups is 2. The molecule has 0 aromatic heterocycles. The van der Waals surface area contributed by atoms with Gasteiger partial charge in [0, 0.05) is 32.0 Å². The highest BCUT2D eigenvalue weighted by Gasteiger charge is 2.29. The van der Waals surface area contributed by atoms with Gasteiger partial charge in [0.2, 0.25) is 5.91 Å². The zero-order valence-corrected chi connectivity index (χ0v) is 14.0. The van der Waals surface area contributed by atoms with E-state index in [1.54, 1.807) is 23.1 Å². The third kappa shape index (κ3) is 4.56. The quantitative estimate of drug-likeness (QED) is 0.862. The van der Waals surface area contributed by atoms with E-state index in [9.17, 15) is 18.4 Å². The number of anilines is 1. The second kappa shape index (κ2) is 7.95. The molecule has 26 heavy (non-hydrogen) atoms. The molecular formula is C19H19F2N3O2. The molecule has 0 radical (unpaired) electrons. The van der Waals surface area contributed by atoms with Crippen LogP contribution < -0.4 is 10.6 Å². The summed E-state index contributed by atoms with van der Waals surface area (Å²) in [7, 11) is 0. The third-order valence-corrected chi connectivity index (χ3v) is 4.25. The fraction of sp³-hybridized carbons (Fsp3) is 0.263. The average Bonchev–Trinajstić information content (AvgIpc) is 2.97. The number of urea groups is 1. The Morgan fingerprint density at radius 1 is 1.12 bits per heavy atom. The molecule has 3 rings (SSSR count). The molecule has 0 aliphatic carbocycles. The highest BCUT2D eigenvalue weighted by Crippen LogP contribution is 2.20. The van der Waals surface area contributed by atoms with E-state index in [2.05, 4.69) is 10.6 Å². The minimum absolute atomic E-state index is 0.00404. The minimum Gasteiger partial charge on any atom is -0.338 e. The summed E-state index contributed by atoms with van der Waals surface area (Å²) in [5, 5.41) is 5.11. The van der Waals surface area contributed by atoms with Gasteiger partial charge in [0.15, 0.2) is 0 Å². The molecule has 1 aliphatic heterocycles. The molecule has 0 saturated carbocycles. The number of halogens is 2. The number of hydrogen-bond donors (Lipinski definition) is 2. The Kier molecular flexibility index (Phi) is 5.46. The van der Waals surface area contributed by atoms with Gasteiger partial charge >= 0.3 is 6.03 Å². The summed E-state index contributed by atoms with van der Waals surface area (Å²) in [6, 6.07) is 11.4. The van der Waals surface area contributed by atoms with E-state index in [0.717, 1.165) is 5.56 Å². The molecule has 3 amide bonds. The molecule has 5 nitrogen and oxygen atoms in total. The lowest BCUT2D eigenvalue weighted by atomic mass is 10.1. The lowest BCUT2D eigenvalue weighted by Gasteiger charge is -2.17. The van der Waals surface area contributed by atoms with Gasteiger partial charge < -0.3 is 15.5 Å². The zero-order chi connectivity index (χ0) is 18.5. The fourth-order valence-electron chi connectivity index (χ4n) is 2.92. The molecule has 0 spiro atoms. The van der Waals surface area contributed by atoms with Gasteiger partial charge in [-0.2, -0.15) is 0 Å². The molecule has 2 N–H and O–H groups in total. The van der Waals surface area contributed by atoms with Crippen LogP contribution in [-0.4, -0.2) is 29.9 Å². The van der Waals surface area contributed by atoms with Crippen LogP contribution in [0.5, 0.6) is 0 Å². The first-order chi connectivity index (χ1) is 12.5. The highest BCUT2D eigenvalue weighted by atomic mass is 19.1. The molecule has 136 valence electrons. The highest BCUT2D eigenvalue weighted by molar-refractivity contribution is 5.89. The van der Waals surface area contributed by atoms with Gasteiger partial charge in [-0.15, -0.1) is 0 Å². The summed E-state index contributed by atoms with van der Waals surface area (Å²) in [5.74, 6) is -0.849. The molecule has 1 aliphatic rings. The van der Waals surface area contributed by atoms with Crippen LogP contribution in [0.1, 0.15) is 12.0 Å². The summed E-state index contributed by atoms with van der Waals surface area (Å²) < 4.78 is 26.5. The van der Waals surface area contributed by atoms with Crippen LogP contribution in [0.3, 0.4) is 0 Å². The third-order valence-electron chi connectivity index (χ3n) is 4.25. The summed E-state index contributed by atoms with van der Waals surface area (Å²) >= 11 is 0. The Balaban J connectivity index is 1.47. The van der Waals surface area contributed by atoms with Crippen molar-refractivity contribution in [3.63, 3.8) is 0 Å². The van der Waals surface area contributed by atoms with Gasteiger partial charge in [0.1, 0.15) is 11.6 Å². The number of likely N-dealkylation sites (tertiary alicyclic amines) is 1. The number of nitrogens with one attached hydrogen (secondary N) is 2. The Morgan fingerprint density at radius 2 is 1.85 bits per heavy atom. The average molecular weight is 359 g/mol. The van der Waals surface area contributed by atoms with Crippen molar-refractivity contribution < 1.29 is 18.4 Å². The van der Waals surface area contributed by atoms with E-state index in [0.29, 0.717) is 26.1 Å². The first-order valence-electron chi connectivity index (χ1n) is 8.33. The van der Waals surface area contributed by atoms with Crippen LogP contribution in [0.2, 0.25) is 0 Å². The normalized spacial score (nSPS) is 16.6. The minimum atomic E-state index is -0.514. The maximum Gasteiger partial charge on any atom is 0.319 e. The van der Waals surface area contributed by atoms with Gasteiger partial charge in [0.25, 0.3) is 0 Å². The summed E-state index contributed by atoms with van der Waals surface area (Å²) in [4.78, 5) is 25.7. The number of carbonyl (C=O) groups excluding carboxylic acids is 2. The largest absolute Gasteiger partial charge is 0.338 e. The summed E-state index contributed by atoms with van der Waals surface area (Å²) in [6.45, 7) is 1.24. The van der Waals surface area contributed by atoms with Gasteiger partial charge in [-0.05, 0) is 29.8 Å². The SMILES string of the molecule is O=C(NC[C@H]1CC(=O)N(Cc2ccc(F)cc2)C1)Nc1ccccc1F. The summed E-state index contributed by atoms with van der Waals surface area (Å²) in [6.07, 6.45) is 0.334. The van der Waals surface area contributed by atoms with Crippen LogP contribution >= 0.6 is 0 Å². The Morgan fingerprint density at radius 3 is 2.58 bits per heavy atom. The van der Waals surface area contributed by atoms with Crippen molar-refractivity contribution in [2.75, 3.05) is 18.4 Å². The molecule has 0 bridgehead atoms. The monoisotopic (exact) mass is 359 g/mol. The molecule has 1 heterocycles. The van der Waals surface area contributed by atoms with Gasteiger partial charge in [-0.1, -0.05) is 24.3 Å². The van der Waals surface area contributed by atoms with Crippen LogP contribution in [0, 0.1) is 17.6 Å². The second-order valence-corrected chi connectivity index (χ2v) is 6.29. The number of hydrogen-bond acceptors (Lipinski definition) is 2. The summed E-state index contributed by atoms with van der Waals surface area (Å²) in [5.41, 5.74) is 0.955. The smallest absolute Gasteiger partial charge is 0.319 e. The van der Waals surface area contributed by atoms with Crippen molar-refractivity contribution in [1.82, 2.24) is 10.2 Å². The molecule has 1 fully saturated rings. The Bertz CT molecular complexity index is 796. The number of amides is 3. The number of benzene rings is 2. The van der Waals surface area contributed by atoms with Crippen molar-refractivity contribution in [3.8, 4) is 0 Å². The molecular weight excluding hydrogens is 340 g/mol. The van der Waals surface area contributed by atoms with Crippen molar-refractivity contribution in [3.05, 3.63) is 65.7 Å². The first-order valence-corrected chi connectivity index (χ1v) is 8.33. The molecule has 1 saturated heterocycles. The van der Waals surface area contributed by atoms with Crippen LogP contribution in [-0.2, 0) is 11.3 Å². The number of para-hydroxylation sites is 1. The van der Waals surface area contributed by atoms with Gasteiger partial charge in [-0.25, -0.2) is 13.6 Å². The van der Waals surface area contributed by atoms with Gasteiger partial charge in [-0.3, -0.25) is 4.79 Å². The fourth-order valence-corrected chi connectivity index (χ4v) is 2.92. The second-order valence-electron chi connectivity index (χ2n) is 6.29. The molecule has 2 aromatic rings. The van der Waals surface area contributed by atoms with Crippen molar-refractivity contribution in [1.29, 1.82) is 0 Å². The van der Waals surface area contributed by atoms with Gasteiger partial charge in [0.05, 0.1) is 5.69 Å². The lowest BCUT2D eigenvalue weighted by molar-refractivity contribution is -0.128. The molecule has 2 aromatic carbocycles. The van der Waals surface area contributed by atoms with E-state index < -0.39 is 11.8 Å². The van der Waals surface area contributed by atoms with Crippen LogP contribution in [0.25, 0.3) is 0 Å². The molecule has 7 heteroatoms. The standard InChI is InChI=1S/C19H19F2N3O2/c20-15-7-5-13(6-8-15)11-24-12-14(9-18(24)25)10-22-19(26)23-17-4-2-1-3-16(17)21/h1-8,14H,9-12H2,(H2,22,23,26)/t14-/m1/s1. The molecule has 1 atom stereocenters. The Labute approximate surface area is 150 Å². The van der Waals surface area contributed by atoms with E-state index in [-0.39, 0.29) is 23.3 Å². The zero-order valence-electron chi connectivity index (χ0n) is 14.0. The maximum absolute atomic E-state index is 13.5. The number of nitrogens with zero attached hydrogens (tertiary/aromatic N) is 1. The lowest BCUT2D eigenvalue weighted by Crippen LogP contribution is -2.34. The first kappa shape index (κ1) is 17.8. The van der Waals surface area contributed by atoms with Crippen molar-refractivity contribution in [2.45, 2.75) is 13.0 Å². The van der Waals surface area contributed by atoms with E-state index >= 15 is 0 Å². The van der Waals surface area contributed by atoms with E-state index in [4.69, 9.17) is 0 Å². The predicted molar refractivity (Wildman–Crippen MR) is 93.3 cm³/mol. The maximum atomic E-state index is 13.5.